The Morgan fingerprint density at radius 1 is 1.12 bits per heavy atom. The smallest absolute Gasteiger partial charge is 0.227 e. The van der Waals surface area contributed by atoms with Crippen LogP contribution in [0.15, 0.2) is 36.5 Å². The Balaban J connectivity index is 1.83. The Labute approximate surface area is 144 Å². The van der Waals surface area contributed by atoms with Crippen molar-refractivity contribution in [3.05, 3.63) is 47.1 Å². The van der Waals surface area contributed by atoms with Gasteiger partial charge in [0.05, 0.1) is 5.69 Å². The third kappa shape index (κ3) is 3.75. The number of carbonyl (C=O) groups excluding carboxylic acids is 1. The van der Waals surface area contributed by atoms with Crippen LogP contribution in [0.4, 0.5) is 17.3 Å². The van der Waals surface area contributed by atoms with E-state index in [1.165, 1.54) is 11.8 Å². The largest absolute Gasteiger partial charge is 0.326 e. The lowest BCUT2D eigenvalue weighted by Crippen LogP contribution is -2.06. The van der Waals surface area contributed by atoms with Gasteiger partial charge in [0.15, 0.2) is 0 Å². The van der Waals surface area contributed by atoms with Gasteiger partial charge in [0.25, 0.3) is 0 Å². The predicted molar refractivity (Wildman–Crippen MR) is 96.6 cm³/mol. The molecule has 24 heavy (non-hydrogen) atoms. The molecule has 0 unspecified atom stereocenters. The number of amides is 1. The zero-order chi connectivity index (χ0) is 17.1. The molecule has 0 aliphatic rings. The predicted octanol–water partition coefficient (Wildman–Crippen LogP) is 3.92. The summed E-state index contributed by atoms with van der Waals surface area (Å²) in [6.45, 7) is 5.51. The number of benzene rings is 1. The van der Waals surface area contributed by atoms with Gasteiger partial charge in [-0.05, 0) is 38.1 Å². The molecule has 0 radical (unpaired) electrons. The molecular weight excluding hydrogens is 322 g/mol. The third-order valence-corrected chi connectivity index (χ3v) is 4.44. The average Bonchev–Trinajstić information content (AvgIpc) is 2.87. The first-order valence-electron chi connectivity index (χ1n) is 7.43. The summed E-state index contributed by atoms with van der Waals surface area (Å²) in [5.74, 6) is 0.373. The second-order valence-electron chi connectivity index (χ2n) is 5.31. The molecule has 0 aliphatic carbocycles. The van der Waals surface area contributed by atoms with E-state index in [0.29, 0.717) is 5.95 Å². The van der Waals surface area contributed by atoms with Gasteiger partial charge in [-0.3, -0.25) is 4.79 Å². The van der Waals surface area contributed by atoms with Crippen LogP contribution in [0.25, 0.3) is 10.7 Å². The van der Waals surface area contributed by atoms with E-state index in [1.807, 2.05) is 44.2 Å². The number of anilines is 3. The van der Waals surface area contributed by atoms with E-state index < -0.39 is 0 Å². The average molecular weight is 339 g/mol. The summed E-state index contributed by atoms with van der Waals surface area (Å²) >= 11 is 1.62. The zero-order valence-corrected chi connectivity index (χ0v) is 14.4. The van der Waals surface area contributed by atoms with Gasteiger partial charge in [-0.25, -0.2) is 15.0 Å². The molecule has 122 valence electrons. The molecule has 1 aromatic carbocycles. The molecular formula is C17H17N5OS. The Morgan fingerprint density at radius 3 is 2.62 bits per heavy atom. The summed E-state index contributed by atoms with van der Waals surface area (Å²) in [6.07, 6.45) is 1.70. The second-order valence-corrected chi connectivity index (χ2v) is 6.52. The molecule has 2 aromatic heterocycles. The molecule has 1 amide bonds. The van der Waals surface area contributed by atoms with Crippen molar-refractivity contribution in [2.45, 2.75) is 20.8 Å². The van der Waals surface area contributed by atoms with Crippen LogP contribution in [0.5, 0.6) is 0 Å². The maximum absolute atomic E-state index is 11.2. The highest BCUT2D eigenvalue weighted by molar-refractivity contribution is 7.15. The first-order chi connectivity index (χ1) is 11.5. The van der Waals surface area contributed by atoms with E-state index in [9.17, 15) is 4.79 Å². The molecule has 3 rings (SSSR count). The molecule has 0 bridgehead atoms. The maximum Gasteiger partial charge on any atom is 0.227 e. The van der Waals surface area contributed by atoms with Gasteiger partial charge >= 0.3 is 0 Å². The Hall–Kier alpha value is -2.80. The van der Waals surface area contributed by atoms with E-state index in [4.69, 9.17) is 0 Å². The van der Waals surface area contributed by atoms with Gasteiger partial charge < -0.3 is 10.6 Å². The second kappa shape index (κ2) is 6.76. The Bertz CT molecular complexity index is 871. The Kier molecular flexibility index (Phi) is 4.52. The highest BCUT2D eigenvalue weighted by atomic mass is 32.1. The lowest BCUT2D eigenvalue weighted by atomic mass is 10.2. The Morgan fingerprint density at radius 2 is 1.92 bits per heavy atom. The molecule has 7 heteroatoms. The minimum Gasteiger partial charge on any atom is -0.326 e. The van der Waals surface area contributed by atoms with Gasteiger partial charge in [0, 0.05) is 29.4 Å². The SMILES string of the molecule is CC(=O)Nc1cccc(Nc2nccc(-c3nc(C)c(C)s3)n2)c1. The number of nitrogens with zero attached hydrogens (tertiary/aromatic N) is 3. The molecule has 2 N–H and O–H groups in total. The van der Waals surface area contributed by atoms with Crippen molar-refractivity contribution >= 4 is 34.6 Å². The quantitative estimate of drug-likeness (QED) is 0.753. The lowest BCUT2D eigenvalue weighted by Gasteiger charge is -2.08. The summed E-state index contributed by atoms with van der Waals surface area (Å²) in [7, 11) is 0. The maximum atomic E-state index is 11.2. The van der Waals surface area contributed by atoms with Crippen LogP contribution in [0.1, 0.15) is 17.5 Å². The topological polar surface area (TPSA) is 79.8 Å². The number of hydrogen-bond donors (Lipinski definition) is 2. The fraction of sp³-hybridized carbons (Fsp3) is 0.176. The number of nitrogens with one attached hydrogen (secondary N) is 2. The van der Waals surface area contributed by atoms with Crippen LogP contribution < -0.4 is 10.6 Å². The van der Waals surface area contributed by atoms with Crippen LogP contribution in [-0.2, 0) is 4.79 Å². The van der Waals surface area contributed by atoms with Crippen molar-refractivity contribution in [1.82, 2.24) is 15.0 Å². The highest BCUT2D eigenvalue weighted by Gasteiger charge is 2.09. The van der Waals surface area contributed by atoms with Crippen molar-refractivity contribution in [1.29, 1.82) is 0 Å². The van der Waals surface area contributed by atoms with Crippen LogP contribution in [0.2, 0.25) is 0 Å². The number of thiazole rings is 1. The third-order valence-electron chi connectivity index (χ3n) is 3.34. The molecule has 0 fully saturated rings. The van der Waals surface area contributed by atoms with Crippen LogP contribution in [0, 0.1) is 13.8 Å². The minimum atomic E-state index is -0.111. The summed E-state index contributed by atoms with van der Waals surface area (Å²) < 4.78 is 0. The number of carbonyl (C=O) groups is 1. The van der Waals surface area contributed by atoms with E-state index in [0.717, 1.165) is 27.8 Å². The normalized spacial score (nSPS) is 10.5. The van der Waals surface area contributed by atoms with Gasteiger partial charge in [-0.15, -0.1) is 11.3 Å². The molecule has 0 aliphatic heterocycles. The molecule has 3 aromatic rings. The number of aromatic nitrogens is 3. The summed E-state index contributed by atoms with van der Waals surface area (Å²) in [5, 5.41) is 6.78. The standard InChI is InChI=1S/C17H17N5OS/c1-10-11(2)24-16(19-10)15-7-8-18-17(22-15)21-14-6-4-5-13(9-14)20-12(3)23/h4-9H,1-3H3,(H,20,23)(H,18,21,22). The fourth-order valence-electron chi connectivity index (χ4n) is 2.13. The van der Waals surface area contributed by atoms with Gasteiger partial charge in [-0.1, -0.05) is 6.07 Å². The first-order valence-corrected chi connectivity index (χ1v) is 8.25. The molecule has 6 nitrogen and oxygen atoms in total. The van der Waals surface area contributed by atoms with Gasteiger partial charge in [0.1, 0.15) is 10.7 Å². The van der Waals surface area contributed by atoms with E-state index in [-0.39, 0.29) is 5.91 Å². The van der Waals surface area contributed by atoms with Gasteiger partial charge in [-0.2, -0.15) is 0 Å². The molecule has 0 atom stereocenters. The van der Waals surface area contributed by atoms with Crippen LogP contribution >= 0.6 is 11.3 Å². The molecule has 0 saturated carbocycles. The molecule has 0 saturated heterocycles. The van der Waals surface area contributed by atoms with Gasteiger partial charge in [0.2, 0.25) is 11.9 Å². The monoisotopic (exact) mass is 339 g/mol. The number of rotatable bonds is 4. The van der Waals surface area contributed by atoms with Crippen molar-refractivity contribution in [2.75, 3.05) is 10.6 Å². The number of aryl methyl sites for hydroxylation is 2. The summed E-state index contributed by atoms with van der Waals surface area (Å²) in [6, 6.07) is 9.24. The highest BCUT2D eigenvalue weighted by Crippen LogP contribution is 2.26. The lowest BCUT2D eigenvalue weighted by molar-refractivity contribution is -0.114. The van der Waals surface area contributed by atoms with Crippen LogP contribution in [-0.4, -0.2) is 20.9 Å². The van der Waals surface area contributed by atoms with Crippen molar-refractivity contribution in [3.63, 3.8) is 0 Å². The fourth-order valence-corrected chi connectivity index (χ4v) is 3.01. The van der Waals surface area contributed by atoms with E-state index in [2.05, 4.69) is 25.6 Å². The zero-order valence-electron chi connectivity index (χ0n) is 13.6. The molecule has 0 spiro atoms. The molecule has 2 heterocycles. The van der Waals surface area contributed by atoms with Crippen molar-refractivity contribution in [3.8, 4) is 10.7 Å². The summed E-state index contributed by atoms with van der Waals surface area (Å²) in [4.78, 5) is 25.6. The van der Waals surface area contributed by atoms with Crippen molar-refractivity contribution in [2.24, 2.45) is 0 Å². The van der Waals surface area contributed by atoms with Crippen LogP contribution in [0.3, 0.4) is 0 Å². The van der Waals surface area contributed by atoms with E-state index >= 15 is 0 Å². The summed E-state index contributed by atoms with van der Waals surface area (Å²) in [5.41, 5.74) is 3.32. The van der Waals surface area contributed by atoms with E-state index in [1.54, 1.807) is 17.5 Å². The number of hydrogen-bond acceptors (Lipinski definition) is 6. The van der Waals surface area contributed by atoms with Crippen molar-refractivity contribution < 1.29 is 4.79 Å². The first kappa shape index (κ1) is 16.1. The minimum absolute atomic E-state index is 0.111.